The molecule has 0 radical (unpaired) electrons. The van der Waals surface area contributed by atoms with Gasteiger partial charge in [-0.05, 0) is 57.0 Å². The number of likely N-dealkylation sites (tertiary alicyclic amines) is 1. The number of fused-ring (bicyclic) bond motifs is 1. The zero-order valence-corrected chi connectivity index (χ0v) is 23.3. The molecule has 4 rings (SSSR count). The molecule has 1 fully saturated rings. The fraction of sp³-hybridized carbons (Fsp3) is 0.333. The number of oxazole rings is 1. The normalized spacial score (nSPS) is 16.0. The van der Waals surface area contributed by atoms with Crippen molar-refractivity contribution in [2.75, 3.05) is 20.2 Å². The van der Waals surface area contributed by atoms with E-state index in [0.717, 1.165) is 6.07 Å². The Labute approximate surface area is 239 Å². The van der Waals surface area contributed by atoms with Crippen LogP contribution in [0, 0.1) is 5.92 Å². The Bertz CT molecular complexity index is 1580. The molecule has 0 spiro atoms. The smallest absolute Gasteiger partial charge is 0.433 e. The highest BCUT2D eigenvalue weighted by atomic mass is 19.4. The van der Waals surface area contributed by atoms with E-state index in [1.807, 2.05) is 0 Å². The summed E-state index contributed by atoms with van der Waals surface area (Å²) in [6.07, 6.45) is -0.147. The number of nitrogens with two attached hydrogens (primary N) is 1. The number of halogens is 4. The minimum atomic E-state index is -4.66. The quantitative estimate of drug-likeness (QED) is 0.186. The van der Waals surface area contributed by atoms with Gasteiger partial charge < -0.3 is 19.8 Å². The summed E-state index contributed by atoms with van der Waals surface area (Å²) >= 11 is 0. The maximum atomic E-state index is 14.3. The number of piperidine rings is 1. The number of ether oxygens (including phenoxy) is 1. The molecule has 8 nitrogen and oxygen atoms in total. The van der Waals surface area contributed by atoms with Crippen molar-refractivity contribution in [2.45, 2.75) is 38.9 Å². The van der Waals surface area contributed by atoms with E-state index < -0.39 is 35.6 Å². The summed E-state index contributed by atoms with van der Waals surface area (Å²) in [5.41, 5.74) is 5.16. The van der Waals surface area contributed by atoms with E-state index in [9.17, 15) is 27.2 Å². The topological polar surface area (TPSA) is 112 Å². The van der Waals surface area contributed by atoms with Gasteiger partial charge in [-0.2, -0.15) is 13.2 Å². The number of allylic oxidation sites excluding steroid dienone is 5. The highest BCUT2D eigenvalue weighted by molar-refractivity contribution is 6.01. The van der Waals surface area contributed by atoms with Crippen LogP contribution in [0.25, 0.3) is 22.4 Å². The molecule has 1 aliphatic heterocycles. The average molecular weight is 587 g/mol. The number of carbonyl (C=O) groups excluding carboxylic acids is 2. The van der Waals surface area contributed by atoms with Gasteiger partial charge in [-0.25, -0.2) is 14.4 Å². The first-order valence-corrected chi connectivity index (χ1v) is 13.2. The zero-order valence-electron chi connectivity index (χ0n) is 23.3. The number of amides is 1. The molecule has 1 amide bonds. The fourth-order valence-electron chi connectivity index (χ4n) is 4.88. The van der Waals surface area contributed by atoms with Gasteiger partial charge >= 0.3 is 6.18 Å². The number of aromatic nitrogens is 2. The number of carbonyl (C=O) groups is 2. The Hall–Kier alpha value is -4.32. The van der Waals surface area contributed by atoms with Gasteiger partial charge in [-0.15, -0.1) is 0 Å². The molecule has 0 unspecified atom stereocenters. The molecule has 222 valence electrons. The molecule has 42 heavy (non-hydrogen) atoms. The van der Waals surface area contributed by atoms with Crippen LogP contribution in [0.2, 0.25) is 0 Å². The van der Waals surface area contributed by atoms with Crippen LogP contribution < -0.4 is 10.5 Å². The Balaban J connectivity index is 1.64. The van der Waals surface area contributed by atoms with Crippen molar-refractivity contribution >= 4 is 22.6 Å². The third-order valence-corrected chi connectivity index (χ3v) is 7.04. The number of ketones is 1. The van der Waals surface area contributed by atoms with Gasteiger partial charge in [0, 0.05) is 30.0 Å². The monoisotopic (exact) mass is 586 g/mol. The molecule has 2 N–H and O–H groups in total. The van der Waals surface area contributed by atoms with Crippen molar-refractivity contribution < 1.29 is 36.3 Å². The predicted octanol–water partition coefficient (Wildman–Crippen LogP) is 6.34. The molecule has 3 aromatic rings. The van der Waals surface area contributed by atoms with E-state index >= 15 is 0 Å². The maximum absolute atomic E-state index is 14.3. The van der Waals surface area contributed by atoms with Gasteiger partial charge in [0.15, 0.2) is 17.2 Å². The Kier molecular flexibility index (Phi) is 8.95. The number of methoxy groups -OCH3 is 1. The van der Waals surface area contributed by atoms with Crippen LogP contribution >= 0.6 is 0 Å². The molecule has 1 saturated heterocycles. The van der Waals surface area contributed by atoms with E-state index in [1.165, 1.54) is 49.3 Å². The van der Waals surface area contributed by atoms with Gasteiger partial charge in [-0.1, -0.05) is 18.7 Å². The molecule has 1 atom stereocenters. The highest BCUT2D eigenvalue weighted by Gasteiger charge is 2.35. The Morgan fingerprint density at radius 2 is 1.88 bits per heavy atom. The van der Waals surface area contributed by atoms with Crippen molar-refractivity contribution in [1.82, 2.24) is 14.9 Å². The predicted molar refractivity (Wildman–Crippen MR) is 148 cm³/mol. The largest absolute Gasteiger partial charge is 0.494 e. The van der Waals surface area contributed by atoms with Crippen LogP contribution in [0.4, 0.5) is 17.6 Å². The second-order valence-corrected chi connectivity index (χ2v) is 9.81. The van der Waals surface area contributed by atoms with Gasteiger partial charge in [0.25, 0.3) is 5.91 Å². The fourth-order valence-corrected chi connectivity index (χ4v) is 4.88. The first-order chi connectivity index (χ1) is 19.9. The molecule has 0 bridgehead atoms. The third kappa shape index (κ3) is 5.98. The minimum Gasteiger partial charge on any atom is -0.494 e. The first-order valence-electron chi connectivity index (χ1n) is 13.2. The number of hydrogen-bond acceptors (Lipinski definition) is 7. The van der Waals surface area contributed by atoms with Crippen molar-refractivity contribution in [2.24, 2.45) is 11.7 Å². The number of pyridine rings is 1. The first kappa shape index (κ1) is 30.6. The summed E-state index contributed by atoms with van der Waals surface area (Å²) in [7, 11) is 1.32. The Morgan fingerprint density at radius 3 is 2.45 bits per heavy atom. The summed E-state index contributed by atoms with van der Waals surface area (Å²) < 4.78 is 65.4. The van der Waals surface area contributed by atoms with Crippen molar-refractivity contribution in [3.63, 3.8) is 0 Å². The SMILES string of the molecule is C=C/C=C(C(=O)C1CCN(C(=O)c2nc(-c3ccc(OC)c4nc(C(F)(F)F)ccc34)oc2[C@@H](C)N)CC1)\C(F)=C/C. The number of rotatable bonds is 8. The molecule has 1 aromatic carbocycles. The summed E-state index contributed by atoms with van der Waals surface area (Å²) in [5.74, 6) is -1.74. The van der Waals surface area contributed by atoms with Crippen LogP contribution in [0.1, 0.15) is 54.7 Å². The number of hydrogen-bond donors (Lipinski definition) is 1. The second kappa shape index (κ2) is 12.3. The van der Waals surface area contributed by atoms with Crippen LogP contribution in [0.3, 0.4) is 0 Å². The summed E-state index contributed by atoms with van der Waals surface area (Å²) in [5, 5.41) is 0.273. The molecular weight excluding hydrogens is 556 g/mol. The average Bonchev–Trinajstić information content (AvgIpc) is 3.43. The lowest BCUT2D eigenvalue weighted by molar-refractivity contribution is -0.141. The second-order valence-electron chi connectivity index (χ2n) is 9.81. The van der Waals surface area contributed by atoms with E-state index in [0.29, 0.717) is 18.4 Å². The molecule has 3 heterocycles. The molecular formula is C30H30F4N4O4. The van der Waals surface area contributed by atoms with Crippen LogP contribution in [-0.2, 0) is 11.0 Å². The lowest BCUT2D eigenvalue weighted by atomic mass is 9.87. The van der Waals surface area contributed by atoms with Gasteiger partial charge in [-0.3, -0.25) is 9.59 Å². The van der Waals surface area contributed by atoms with Gasteiger partial charge in [0.2, 0.25) is 5.89 Å². The van der Waals surface area contributed by atoms with E-state index in [2.05, 4.69) is 16.5 Å². The van der Waals surface area contributed by atoms with Crippen molar-refractivity contribution in [3.05, 3.63) is 77.6 Å². The van der Waals surface area contributed by atoms with Gasteiger partial charge in [0.1, 0.15) is 22.8 Å². The number of Topliss-reactive ketones (excluding diaryl/α,β-unsaturated/α-hetero) is 1. The lowest BCUT2D eigenvalue weighted by Crippen LogP contribution is -2.41. The standard InChI is InChI=1S/C30H30F4N4O4/c1-5-7-20(21(31)6-2)26(39)17-12-14-38(15-13-17)29(40)25-27(16(3)35)42-28(37-25)19-8-10-22(41-4)24-18(19)9-11-23(36-24)30(32,33)34/h5-11,16-17H,1,12-15,35H2,2-4H3/b20-7+,21-6+/t16-/m1/s1. The molecule has 2 aromatic heterocycles. The minimum absolute atomic E-state index is 0.0223. The van der Waals surface area contributed by atoms with Crippen molar-refractivity contribution in [3.8, 4) is 17.2 Å². The summed E-state index contributed by atoms with van der Waals surface area (Å²) in [6, 6.07) is 4.34. The van der Waals surface area contributed by atoms with Crippen molar-refractivity contribution in [1.29, 1.82) is 0 Å². The molecule has 0 aliphatic carbocycles. The Morgan fingerprint density at radius 1 is 1.19 bits per heavy atom. The lowest BCUT2D eigenvalue weighted by Gasteiger charge is -2.31. The van der Waals surface area contributed by atoms with E-state index in [-0.39, 0.29) is 58.4 Å². The summed E-state index contributed by atoms with van der Waals surface area (Å²) in [6.45, 7) is 7.07. The van der Waals surface area contributed by atoms with E-state index in [4.69, 9.17) is 14.9 Å². The molecule has 0 saturated carbocycles. The van der Waals surface area contributed by atoms with Crippen LogP contribution in [0.5, 0.6) is 5.75 Å². The highest BCUT2D eigenvalue weighted by Crippen LogP contribution is 2.38. The van der Waals surface area contributed by atoms with E-state index in [1.54, 1.807) is 13.0 Å². The maximum Gasteiger partial charge on any atom is 0.433 e. The van der Waals surface area contributed by atoms with Gasteiger partial charge in [0.05, 0.1) is 18.7 Å². The van der Waals surface area contributed by atoms with Crippen LogP contribution in [-0.4, -0.2) is 46.8 Å². The van der Waals surface area contributed by atoms with Crippen LogP contribution in [0.15, 0.2) is 64.9 Å². The third-order valence-electron chi connectivity index (χ3n) is 7.04. The molecule has 1 aliphatic rings. The molecule has 12 heteroatoms. The zero-order chi connectivity index (χ0) is 30.8. The number of alkyl halides is 3. The number of benzene rings is 1. The number of nitrogens with zero attached hydrogens (tertiary/aromatic N) is 3. The summed E-state index contributed by atoms with van der Waals surface area (Å²) in [4.78, 5) is 36.2.